The van der Waals surface area contributed by atoms with Gasteiger partial charge in [0.25, 0.3) is 11.5 Å². The van der Waals surface area contributed by atoms with Crippen molar-refractivity contribution >= 4 is 30.1 Å². The standard InChI is InChI=1S/C38H42N10O3/c1-23(2)37(50)46-19-14-26(15-20-46)32-22-29(34(35(39)40-4)48(32)41-5)25-10-12-27(13-11-25)43-36(49)30-21-28(31-16-18-45(6)44-31)24(3)47(38(30)51)33-9-7-8-17-42-33/h7-13,16-18,21-23,26H,5,14-15,19-20H2,1-4,6H3,(H2,39,40)(H,43,49). The number of aliphatic imine (C=N–C) groups is 1. The van der Waals surface area contributed by atoms with E-state index in [0.717, 1.165) is 29.7 Å². The van der Waals surface area contributed by atoms with E-state index >= 15 is 0 Å². The fourth-order valence-electron chi connectivity index (χ4n) is 6.67. The fourth-order valence-corrected chi connectivity index (χ4v) is 6.67. The Labute approximate surface area is 296 Å². The second kappa shape index (κ2) is 14.4. The molecule has 1 aromatic carbocycles. The van der Waals surface area contributed by atoms with Gasteiger partial charge in [0, 0.05) is 86.3 Å². The highest BCUT2D eigenvalue weighted by atomic mass is 16.2. The van der Waals surface area contributed by atoms with Gasteiger partial charge in [-0.1, -0.05) is 32.0 Å². The molecule has 13 heteroatoms. The third-order valence-corrected chi connectivity index (χ3v) is 9.36. The minimum Gasteiger partial charge on any atom is -0.382 e. The second-order valence-electron chi connectivity index (χ2n) is 12.9. The van der Waals surface area contributed by atoms with Gasteiger partial charge in [0.05, 0.1) is 5.69 Å². The number of carbonyl (C=O) groups excluding carboxylic acids is 2. The average molecular weight is 687 g/mol. The summed E-state index contributed by atoms with van der Waals surface area (Å²) in [6.45, 7) is 10.8. The number of aromatic nitrogens is 5. The predicted octanol–water partition coefficient (Wildman–Crippen LogP) is 4.82. The Kier molecular flexibility index (Phi) is 9.81. The van der Waals surface area contributed by atoms with Gasteiger partial charge in [-0.3, -0.25) is 28.6 Å². The van der Waals surface area contributed by atoms with Crippen molar-refractivity contribution < 1.29 is 9.59 Å². The molecular weight excluding hydrogens is 644 g/mol. The molecule has 0 radical (unpaired) electrons. The maximum atomic E-state index is 13.8. The highest BCUT2D eigenvalue weighted by Gasteiger charge is 2.30. The molecule has 4 aromatic heterocycles. The normalized spacial score (nSPS) is 13.8. The minimum atomic E-state index is -0.566. The molecule has 1 saturated heterocycles. The molecule has 5 heterocycles. The lowest BCUT2D eigenvalue weighted by atomic mass is 9.92. The molecule has 0 bridgehead atoms. The fraction of sp³-hybridized carbons (Fsp3) is 0.289. The summed E-state index contributed by atoms with van der Waals surface area (Å²) in [5, 5.41) is 11.7. The molecule has 51 heavy (non-hydrogen) atoms. The Morgan fingerprint density at radius 1 is 1.04 bits per heavy atom. The van der Waals surface area contributed by atoms with Gasteiger partial charge in [-0.05, 0) is 67.8 Å². The van der Waals surface area contributed by atoms with Gasteiger partial charge in [0.15, 0.2) is 0 Å². The van der Waals surface area contributed by atoms with Crippen LogP contribution in [0.4, 0.5) is 5.69 Å². The first-order valence-corrected chi connectivity index (χ1v) is 16.9. The van der Waals surface area contributed by atoms with Gasteiger partial charge in [-0.2, -0.15) is 10.2 Å². The number of nitrogens with one attached hydrogen (secondary N) is 1. The van der Waals surface area contributed by atoms with Crippen molar-refractivity contribution in [1.82, 2.24) is 28.9 Å². The number of amides is 2. The summed E-state index contributed by atoms with van der Waals surface area (Å²) in [6, 6.07) is 18.0. The molecule has 1 aliphatic heterocycles. The summed E-state index contributed by atoms with van der Waals surface area (Å²) in [7, 11) is 3.43. The van der Waals surface area contributed by atoms with Gasteiger partial charge in [0.2, 0.25) is 5.91 Å². The third-order valence-electron chi connectivity index (χ3n) is 9.36. The van der Waals surface area contributed by atoms with E-state index < -0.39 is 11.5 Å². The molecule has 5 aromatic rings. The summed E-state index contributed by atoms with van der Waals surface area (Å²) < 4.78 is 4.85. The number of pyridine rings is 2. The Morgan fingerprint density at radius 2 is 1.76 bits per heavy atom. The van der Waals surface area contributed by atoms with E-state index in [-0.39, 0.29) is 23.3 Å². The van der Waals surface area contributed by atoms with Crippen LogP contribution in [0, 0.1) is 12.8 Å². The Hall–Kier alpha value is -6.11. The summed E-state index contributed by atoms with van der Waals surface area (Å²) in [5.74, 6) is 0.402. The number of amidine groups is 1. The molecular formula is C38H42N10O3. The first kappa shape index (κ1) is 34.7. The zero-order chi connectivity index (χ0) is 36.4. The lowest BCUT2D eigenvalue weighted by Gasteiger charge is -2.33. The van der Waals surface area contributed by atoms with Crippen LogP contribution in [0.2, 0.25) is 0 Å². The van der Waals surface area contributed by atoms with Crippen molar-refractivity contribution in [3.05, 3.63) is 106 Å². The van der Waals surface area contributed by atoms with Gasteiger partial charge in [-0.25, -0.2) is 9.66 Å². The maximum Gasteiger partial charge on any atom is 0.269 e. The topological polar surface area (TPSA) is 158 Å². The van der Waals surface area contributed by atoms with Crippen LogP contribution >= 0.6 is 0 Å². The van der Waals surface area contributed by atoms with Crippen molar-refractivity contribution in [3.63, 3.8) is 0 Å². The summed E-state index contributed by atoms with van der Waals surface area (Å²) >= 11 is 0. The van der Waals surface area contributed by atoms with Crippen LogP contribution in [0.3, 0.4) is 0 Å². The summed E-state index contributed by atoms with van der Waals surface area (Å²) in [6.07, 6.45) is 4.98. The zero-order valence-electron chi connectivity index (χ0n) is 29.5. The van der Waals surface area contributed by atoms with Crippen LogP contribution in [-0.4, -0.2) is 73.4 Å². The van der Waals surface area contributed by atoms with Crippen molar-refractivity contribution in [2.75, 3.05) is 25.5 Å². The lowest BCUT2D eigenvalue weighted by Crippen LogP contribution is -2.40. The van der Waals surface area contributed by atoms with Crippen LogP contribution in [0.5, 0.6) is 0 Å². The molecule has 0 saturated carbocycles. The largest absolute Gasteiger partial charge is 0.382 e. The van der Waals surface area contributed by atoms with Gasteiger partial charge in [0.1, 0.15) is 22.9 Å². The number of hydrogen-bond acceptors (Lipinski definition) is 7. The number of aryl methyl sites for hydroxylation is 1. The lowest BCUT2D eigenvalue weighted by molar-refractivity contribution is -0.135. The maximum absolute atomic E-state index is 13.8. The van der Waals surface area contributed by atoms with Gasteiger partial charge in [-0.15, -0.1) is 0 Å². The average Bonchev–Trinajstić information content (AvgIpc) is 3.75. The molecule has 0 spiro atoms. The molecule has 3 N–H and O–H groups in total. The highest BCUT2D eigenvalue weighted by Crippen LogP contribution is 2.36. The van der Waals surface area contributed by atoms with E-state index in [4.69, 9.17) is 5.73 Å². The van der Waals surface area contributed by atoms with Gasteiger partial charge >= 0.3 is 0 Å². The molecule has 0 atom stereocenters. The molecule has 262 valence electrons. The molecule has 13 nitrogen and oxygen atoms in total. The smallest absolute Gasteiger partial charge is 0.269 e. The van der Waals surface area contributed by atoms with Crippen molar-refractivity contribution in [3.8, 4) is 28.2 Å². The Morgan fingerprint density at radius 3 is 2.35 bits per heavy atom. The van der Waals surface area contributed by atoms with Crippen LogP contribution < -0.4 is 16.6 Å². The molecule has 0 unspecified atom stereocenters. The van der Waals surface area contributed by atoms with E-state index in [1.54, 1.807) is 72.2 Å². The number of nitrogens with zero attached hydrogens (tertiary/aromatic N) is 8. The SMILES string of the molecule is C=Nn1c(C2CCN(C(=O)C(C)C)CC2)cc(-c2ccc(NC(=O)c3cc(-c4ccn(C)n4)c(C)n(-c4ccccn4)c3=O)cc2)c1/C(N)=N\C. The van der Waals surface area contributed by atoms with Crippen molar-refractivity contribution in [2.24, 2.45) is 28.8 Å². The molecule has 0 aliphatic carbocycles. The Bertz CT molecular complexity index is 2190. The van der Waals surface area contributed by atoms with E-state index in [9.17, 15) is 14.4 Å². The van der Waals surface area contributed by atoms with Crippen molar-refractivity contribution in [1.29, 1.82) is 0 Å². The summed E-state index contributed by atoms with van der Waals surface area (Å²) in [5.41, 5.74) is 11.5. The van der Waals surface area contributed by atoms with Crippen LogP contribution in [0.1, 0.15) is 60.0 Å². The molecule has 6 rings (SSSR count). The van der Waals surface area contributed by atoms with Gasteiger partial charge < -0.3 is 16.0 Å². The quantitative estimate of drug-likeness (QED) is 0.167. The minimum absolute atomic E-state index is 0.0435. The monoisotopic (exact) mass is 686 g/mol. The van der Waals surface area contributed by atoms with Crippen LogP contribution in [0.25, 0.3) is 28.2 Å². The first-order valence-electron chi connectivity index (χ1n) is 16.9. The van der Waals surface area contributed by atoms with E-state index in [1.807, 2.05) is 43.9 Å². The number of rotatable bonds is 9. The third kappa shape index (κ3) is 6.74. The number of likely N-dealkylation sites (tertiary alicyclic amines) is 1. The number of hydrogen-bond donors (Lipinski definition) is 2. The molecule has 2 amide bonds. The van der Waals surface area contributed by atoms with E-state index in [0.29, 0.717) is 53.1 Å². The zero-order valence-corrected chi connectivity index (χ0v) is 29.5. The number of anilines is 1. The van der Waals surface area contributed by atoms with Crippen LogP contribution in [-0.2, 0) is 11.8 Å². The number of carbonyl (C=O) groups is 2. The highest BCUT2D eigenvalue weighted by molar-refractivity contribution is 6.05. The Balaban J connectivity index is 1.31. The number of nitrogens with two attached hydrogens (primary N) is 1. The first-order chi connectivity index (χ1) is 24.5. The second-order valence-corrected chi connectivity index (χ2v) is 12.9. The summed E-state index contributed by atoms with van der Waals surface area (Å²) in [4.78, 5) is 50.8. The number of piperidine rings is 1. The molecule has 1 aliphatic rings. The predicted molar refractivity (Wildman–Crippen MR) is 200 cm³/mol. The van der Waals surface area contributed by atoms with Crippen LogP contribution in [0.15, 0.2) is 87.9 Å². The number of benzene rings is 1. The van der Waals surface area contributed by atoms with E-state index in [2.05, 4.69) is 38.3 Å². The molecule has 1 fully saturated rings. The van der Waals surface area contributed by atoms with Crippen molar-refractivity contribution in [2.45, 2.75) is 39.5 Å². The van der Waals surface area contributed by atoms with E-state index in [1.165, 1.54) is 4.57 Å².